The molecule has 5 atom stereocenters. The number of aliphatic hydroxyl groups excluding tert-OH is 2. The van der Waals surface area contributed by atoms with Gasteiger partial charge < -0.3 is 31.1 Å². The maximum absolute atomic E-state index is 13.6. The smallest absolute Gasteiger partial charge is 0.230 e. The van der Waals surface area contributed by atoms with Gasteiger partial charge in [-0.2, -0.15) is 0 Å². The molecule has 0 saturated heterocycles. The average Bonchev–Trinajstić information content (AvgIpc) is 2.77. The first-order chi connectivity index (χ1) is 16.4. The molecule has 35 heavy (non-hydrogen) atoms. The molecule has 2 fully saturated rings. The Morgan fingerprint density at radius 2 is 1.89 bits per heavy atom. The average molecular weight is 487 g/mol. The molecule has 2 unspecified atom stereocenters. The number of primary amides is 1. The number of Topliss-reactive ketones (excluding diaryl/α,β-unsaturated/α-hetero) is 2. The highest BCUT2D eigenvalue weighted by Crippen LogP contribution is 2.53. The number of carbonyl (C=O) groups is 3. The molecule has 0 bridgehead atoms. The van der Waals surface area contributed by atoms with Gasteiger partial charge in [-0.1, -0.05) is 19.8 Å². The minimum absolute atomic E-state index is 0.104. The number of benzene rings is 1. The predicted molar refractivity (Wildman–Crippen MR) is 129 cm³/mol. The zero-order chi connectivity index (χ0) is 25.8. The number of nitrogens with zero attached hydrogens (tertiary/aromatic N) is 1. The first kappa shape index (κ1) is 25.2. The van der Waals surface area contributed by atoms with E-state index in [9.17, 15) is 34.8 Å². The largest absolute Gasteiger partial charge is 0.507 e. The van der Waals surface area contributed by atoms with Crippen molar-refractivity contribution in [3.8, 4) is 5.75 Å². The Morgan fingerprint density at radius 1 is 1.20 bits per heavy atom. The van der Waals surface area contributed by atoms with Gasteiger partial charge in [0.1, 0.15) is 17.4 Å². The van der Waals surface area contributed by atoms with Crippen LogP contribution < -0.4 is 10.6 Å². The Bertz CT molecular complexity index is 1130. The maximum Gasteiger partial charge on any atom is 0.230 e. The highest BCUT2D eigenvalue weighted by Gasteiger charge is 2.64. The second-order valence-electron chi connectivity index (χ2n) is 10.3. The molecule has 2 saturated carbocycles. The van der Waals surface area contributed by atoms with E-state index in [1.807, 2.05) is 25.1 Å². The molecule has 1 aromatic rings. The topological polar surface area (TPSA) is 161 Å². The van der Waals surface area contributed by atoms with Gasteiger partial charge in [-0.3, -0.25) is 14.4 Å². The zero-order valence-electron chi connectivity index (χ0n) is 20.4. The van der Waals surface area contributed by atoms with E-state index in [0.717, 1.165) is 24.9 Å². The molecular formula is C26H34N2O7. The Balaban J connectivity index is 1.86. The van der Waals surface area contributed by atoms with Gasteiger partial charge in [0, 0.05) is 31.3 Å². The highest BCUT2D eigenvalue weighted by atomic mass is 16.3. The van der Waals surface area contributed by atoms with Crippen LogP contribution in [0.15, 0.2) is 11.6 Å². The summed E-state index contributed by atoms with van der Waals surface area (Å²) in [7, 11) is 3.73. The lowest BCUT2D eigenvalue weighted by atomic mass is 9.56. The van der Waals surface area contributed by atoms with E-state index in [4.69, 9.17) is 5.73 Å². The van der Waals surface area contributed by atoms with Crippen LogP contribution in [-0.4, -0.2) is 63.7 Å². The number of carbonyl (C=O) groups excluding carboxylic acids is 3. The number of rotatable bonds is 6. The van der Waals surface area contributed by atoms with E-state index in [2.05, 4.69) is 6.92 Å². The SMILES string of the molecule is CCCCCc1cc(N(C)C)c2c(c1O)C(O)=C1C(=O)[C@]3(O)C(=O)C(C(N)=O)C(O)C[C@@H]3C[C@@H]1C2. The third-order valence-electron chi connectivity index (χ3n) is 7.97. The predicted octanol–water partition coefficient (Wildman–Crippen LogP) is 1.39. The van der Waals surface area contributed by atoms with Crippen molar-refractivity contribution in [1.29, 1.82) is 0 Å². The number of hydrogen-bond acceptors (Lipinski definition) is 8. The van der Waals surface area contributed by atoms with Crippen molar-refractivity contribution in [2.24, 2.45) is 23.5 Å². The van der Waals surface area contributed by atoms with Crippen molar-refractivity contribution in [1.82, 2.24) is 0 Å². The first-order valence-electron chi connectivity index (χ1n) is 12.2. The summed E-state index contributed by atoms with van der Waals surface area (Å²) in [6, 6.07) is 1.91. The third-order valence-corrected chi connectivity index (χ3v) is 7.97. The molecule has 1 aromatic carbocycles. The summed E-state index contributed by atoms with van der Waals surface area (Å²) in [6.45, 7) is 2.08. The van der Waals surface area contributed by atoms with E-state index in [1.54, 1.807) is 0 Å². The second kappa shape index (κ2) is 8.95. The van der Waals surface area contributed by atoms with Gasteiger partial charge in [-0.05, 0) is 55.2 Å². The van der Waals surface area contributed by atoms with Crippen LogP contribution in [-0.2, 0) is 27.2 Å². The summed E-state index contributed by atoms with van der Waals surface area (Å²) in [5, 5.41) is 44.2. The van der Waals surface area contributed by atoms with Gasteiger partial charge in [0.05, 0.1) is 11.7 Å². The number of amides is 1. The van der Waals surface area contributed by atoms with Crippen LogP contribution in [0.25, 0.3) is 5.76 Å². The fraction of sp³-hybridized carbons (Fsp3) is 0.577. The molecule has 6 N–H and O–H groups in total. The van der Waals surface area contributed by atoms with E-state index in [1.165, 1.54) is 0 Å². The molecule has 190 valence electrons. The first-order valence-corrected chi connectivity index (χ1v) is 12.2. The van der Waals surface area contributed by atoms with Crippen molar-refractivity contribution < 1.29 is 34.8 Å². The molecule has 0 aliphatic heterocycles. The van der Waals surface area contributed by atoms with E-state index in [-0.39, 0.29) is 29.7 Å². The van der Waals surface area contributed by atoms with Crippen LogP contribution in [0.1, 0.15) is 55.7 Å². The summed E-state index contributed by atoms with van der Waals surface area (Å²) >= 11 is 0. The Hall–Kier alpha value is -2.91. The number of ketones is 2. The molecule has 9 heteroatoms. The van der Waals surface area contributed by atoms with Crippen LogP contribution >= 0.6 is 0 Å². The Labute approximate surface area is 204 Å². The summed E-state index contributed by atoms with van der Waals surface area (Å²) in [6.07, 6.45) is 2.37. The molecular weight excluding hydrogens is 452 g/mol. The van der Waals surface area contributed by atoms with E-state index < -0.39 is 52.7 Å². The van der Waals surface area contributed by atoms with Gasteiger partial charge >= 0.3 is 0 Å². The zero-order valence-corrected chi connectivity index (χ0v) is 20.4. The van der Waals surface area contributed by atoms with Crippen LogP contribution in [0.2, 0.25) is 0 Å². The number of phenols is 1. The lowest BCUT2D eigenvalue weighted by molar-refractivity contribution is -0.174. The van der Waals surface area contributed by atoms with Crippen molar-refractivity contribution in [2.75, 3.05) is 19.0 Å². The van der Waals surface area contributed by atoms with Crippen molar-refractivity contribution in [3.05, 3.63) is 28.3 Å². The fourth-order valence-electron chi connectivity index (χ4n) is 6.18. The fourth-order valence-corrected chi connectivity index (χ4v) is 6.18. The molecule has 0 heterocycles. The molecule has 4 rings (SSSR count). The van der Waals surface area contributed by atoms with Crippen molar-refractivity contribution in [3.63, 3.8) is 0 Å². The number of unbranched alkanes of at least 4 members (excludes halogenated alkanes) is 2. The van der Waals surface area contributed by atoms with Gasteiger partial charge in [-0.15, -0.1) is 0 Å². The molecule has 0 aromatic heterocycles. The monoisotopic (exact) mass is 486 g/mol. The lowest BCUT2D eigenvalue weighted by Gasteiger charge is -2.48. The van der Waals surface area contributed by atoms with Crippen LogP contribution in [0, 0.1) is 17.8 Å². The lowest BCUT2D eigenvalue weighted by Crippen LogP contribution is -2.66. The van der Waals surface area contributed by atoms with Gasteiger partial charge in [0.25, 0.3) is 0 Å². The Kier molecular flexibility index (Phi) is 6.44. The third kappa shape index (κ3) is 3.72. The number of fused-ring (bicyclic) bond motifs is 3. The standard InChI is InChI=1S/C26H34N2O7/c1-4-5-6-7-12-10-16(28(2)3)15-9-13-8-14-11-17(29)20(25(27)34)24(33)26(14,35)23(32)18(13)22(31)19(15)21(12)30/h10,13-14,17,20,29-31,35H,4-9,11H2,1-3H3,(H2,27,34)/t13-,14+,17?,20?,26+/m1/s1. The van der Waals surface area contributed by atoms with Gasteiger partial charge in [0.15, 0.2) is 11.4 Å². The van der Waals surface area contributed by atoms with Gasteiger partial charge in [-0.25, -0.2) is 0 Å². The number of hydrogen-bond donors (Lipinski definition) is 5. The molecule has 0 radical (unpaired) electrons. The summed E-state index contributed by atoms with van der Waals surface area (Å²) in [4.78, 5) is 40.4. The number of phenolic OH excluding ortho intramolecular Hbond substituents is 1. The van der Waals surface area contributed by atoms with E-state index in [0.29, 0.717) is 24.0 Å². The normalized spacial score (nSPS) is 30.0. The summed E-state index contributed by atoms with van der Waals surface area (Å²) in [5.41, 5.74) is 4.92. The van der Waals surface area contributed by atoms with Crippen molar-refractivity contribution >= 4 is 28.9 Å². The van der Waals surface area contributed by atoms with E-state index >= 15 is 0 Å². The summed E-state index contributed by atoms with van der Waals surface area (Å²) in [5.74, 6) is -6.90. The van der Waals surface area contributed by atoms with Crippen LogP contribution in [0.4, 0.5) is 5.69 Å². The summed E-state index contributed by atoms with van der Waals surface area (Å²) < 4.78 is 0. The minimum atomic E-state index is -2.56. The molecule has 3 aliphatic rings. The van der Waals surface area contributed by atoms with Crippen LogP contribution in [0.5, 0.6) is 5.75 Å². The number of aliphatic hydroxyl groups is 3. The minimum Gasteiger partial charge on any atom is -0.507 e. The number of anilines is 1. The highest BCUT2D eigenvalue weighted by molar-refractivity contribution is 6.24. The molecule has 1 amide bonds. The number of aromatic hydroxyl groups is 1. The van der Waals surface area contributed by atoms with Crippen LogP contribution in [0.3, 0.4) is 0 Å². The van der Waals surface area contributed by atoms with Gasteiger partial charge in [0.2, 0.25) is 11.7 Å². The molecule has 0 spiro atoms. The molecule has 9 nitrogen and oxygen atoms in total. The number of aryl methyl sites for hydroxylation is 1. The quantitative estimate of drug-likeness (QED) is 0.298. The molecule has 3 aliphatic carbocycles. The number of nitrogens with two attached hydrogens (primary N) is 1. The second-order valence-corrected chi connectivity index (χ2v) is 10.3. The Morgan fingerprint density at radius 3 is 2.49 bits per heavy atom. The van der Waals surface area contributed by atoms with Crippen molar-refractivity contribution in [2.45, 2.75) is 63.6 Å². The maximum atomic E-state index is 13.6.